The van der Waals surface area contributed by atoms with E-state index in [0.717, 1.165) is 0 Å². The highest BCUT2D eigenvalue weighted by Crippen LogP contribution is 2.33. The minimum Gasteiger partial charge on any atom is -0.467 e. The molecule has 10 nitrogen and oxygen atoms in total. The van der Waals surface area contributed by atoms with Gasteiger partial charge in [0.15, 0.2) is 0 Å². The number of pyridine rings is 2. The SMILES string of the molecule is COC(=O)CO[C@H]1CC[C@H](n2c(=O)c(-c3cnc(C(C)O)c(F)c3)cc3c(C)nc(N)nc32)CC1. The molecule has 0 radical (unpaired) electrons. The van der Waals surface area contributed by atoms with Crippen LogP contribution in [0.4, 0.5) is 10.3 Å². The Balaban J connectivity index is 1.76. The maximum absolute atomic E-state index is 14.6. The summed E-state index contributed by atoms with van der Waals surface area (Å²) in [5.41, 5.74) is 7.01. The molecule has 1 unspecified atom stereocenters. The molecule has 0 bridgehead atoms. The summed E-state index contributed by atoms with van der Waals surface area (Å²) >= 11 is 0. The van der Waals surface area contributed by atoms with Gasteiger partial charge in [-0.2, -0.15) is 4.98 Å². The average Bonchev–Trinajstić information content (AvgIpc) is 2.82. The summed E-state index contributed by atoms with van der Waals surface area (Å²) in [6, 6.07) is 2.63. The van der Waals surface area contributed by atoms with E-state index in [2.05, 4.69) is 19.7 Å². The van der Waals surface area contributed by atoms with Crippen molar-refractivity contribution in [1.82, 2.24) is 19.5 Å². The number of esters is 1. The van der Waals surface area contributed by atoms with Crippen LogP contribution < -0.4 is 11.3 Å². The molecular formula is C24H28FN5O5. The molecule has 3 aromatic heterocycles. The molecule has 1 saturated carbocycles. The molecule has 0 saturated heterocycles. The van der Waals surface area contributed by atoms with E-state index in [1.807, 2.05) is 0 Å². The van der Waals surface area contributed by atoms with Crippen LogP contribution in [0.1, 0.15) is 56.1 Å². The lowest BCUT2D eigenvalue weighted by Gasteiger charge is -2.30. The molecule has 0 aromatic carbocycles. The maximum Gasteiger partial charge on any atom is 0.331 e. The molecule has 11 heteroatoms. The summed E-state index contributed by atoms with van der Waals surface area (Å²) in [7, 11) is 1.31. The van der Waals surface area contributed by atoms with Crippen molar-refractivity contribution in [2.75, 3.05) is 19.5 Å². The topological polar surface area (TPSA) is 142 Å². The highest BCUT2D eigenvalue weighted by atomic mass is 19.1. The van der Waals surface area contributed by atoms with Crippen LogP contribution in [-0.2, 0) is 14.3 Å². The normalized spacial score (nSPS) is 19.0. The molecule has 0 aliphatic heterocycles. The highest BCUT2D eigenvalue weighted by Gasteiger charge is 2.27. The number of nitrogen functional groups attached to an aromatic ring is 1. The van der Waals surface area contributed by atoms with Gasteiger partial charge in [0.25, 0.3) is 5.56 Å². The van der Waals surface area contributed by atoms with E-state index in [0.29, 0.717) is 48.0 Å². The largest absolute Gasteiger partial charge is 0.467 e. The molecule has 3 heterocycles. The zero-order valence-electron chi connectivity index (χ0n) is 19.8. The summed E-state index contributed by atoms with van der Waals surface area (Å²) in [4.78, 5) is 37.8. The van der Waals surface area contributed by atoms with Gasteiger partial charge in [0.05, 0.1) is 25.0 Å². The van der Waals surface area contributed by atoms with Crippen LogP contribution in [-0.4, -0.2) is 50.4 Å². The molecule has 35 heavy (non-hydrogen) atoms. The van der Waals surface area contributed by atoms with Crippen LogP contribution >= 0.6 is 0 Å². The van der Waals surface area contributed by atoms with Crippen LogP contribution in [0.3, 0.4) is 0 Å². The van der Waals surface area contributed by atoms with Crippen molar-refractivity contribution in [2.45, 2.75) is 57.8 Å². The van der Waals surface area contributed by atoms with Crippen molar-refractivity contribution in [3.05, 3.63) is 45.9 Å². The summed E-state index contributed by atoms with van der Waals surface area (Å²) in [5, 5.41) is 10.3. The predicted molar refractivity (Wildman–Crippen MR) is 126 cm³/mol. The van der Waals surface area contributed by atoms with Crippen molar-refractivity contribution in [3.8, 4) is 11.1 Å². The van der Waals surface area contributed by atoms with Gasteiger partial charge in [-0.3, -0.25) is 14.3 Å². The van der Waals surface area contributed by atoms with E-state index in [-0.39, 0.29) is 41.5 Å². The number of ether oxygens (including phenoxy) is 2. The van der Waals surface area contributed by atoms with Crippen LogP contribution in [0.2, 0.25) is 0 Å². The van der Waals surface area contributed by atoms with Gasteiger partial charge in [-0.1, -0.05) is 0 Å². The number of aliphatic hydroxyl groups is 1. The third-order valence-electron chi connectivity index (χ3n) is 6.35. The number of aryl methyl sites for hydroxylation is 1. The molecule has 0 spiro atoms. The second-order valence-corrected chi connectivity index (χ2v) is 8.72. The number of rotatable bonds is 6. The van der Waals surface area contributed by atoms with Crippen molar-refractivity contribution in [3.63, 3.8) is 0 Å². The maximum atomic E-state index is 14.6. The first-order valence-electron chi connectivity index (χ1n) is 11.4. The van der Waals surface area contributed by atoms with E-state index in [4.69, 9.17) is 10.5 Å². The molecule has 1 atom stereocenters. The Morgan fingerprint density at radius 1 is 1.29 bits per heavy atom. The van der Waals surface area contributed by atoms with Gasteiger partial charge in [-0.05, 0) is 51.7 Å². The lowest BCUT2D eigenvalue weighted by atomic mass is 9.92. The van der Waals surface area contributed by atoms with Crippen LogP contribution in [0.25, 0.3) is 22.2 Å². The second kappa shape index (κ2) is 10.0. The zero-order valence-corrected chi connectivity index (χ0v) is 19.8. The monoisotopic (exact) mass is 485 g/mol. The second-order valence-electron chi connectivity index (χ2n) is 8.72. The van der Waals surface area contributed by atoms with Gasteiger partial charge in [-0.25, -0.2) is 14.2 Å². The van der Waals surface area contributed by atoms with Crippen molar-refractivity contribution in [1.29, 1.82) is 0 Å². The number of anilines is 1. The minimum atomic E-state index is -1.08. The number of nitrogens with two attached hydrogens (primary N) is 1. The Morgan fingerprint density at radius 2 is 2.00 bits per heavy atom. The molecule has 3 N–H and O–H groups in total. The lowest BCUT2D eigenvalue weighted by Crippen LogP contribution is -2.32. The average molecular weight is 486 g/mol. The fraction of sp³-hybridized carbons (Fsp3) is 0.458. The Morgan fingerprint density at radius 3 is 2.63 bits per heavy atom. The van der Waals surface area contributed by atoms with E-state index in [9.17, 15) is 19.1 Å². The predicted octanol–water partition coefficient (Wildman–Crippen LogP) is 2.61. The third-order valence-corrected chi connectivity index (χ3v) is 6.35. The number of nitrogens with zero attached hydrogens (tertiary/aromatic N) is 4. The molecule has 0 amide bonds. The standard InChI is InChI=1S/C24H28FN5O5/c1-12-17-9-18(14-8-19(25)21(13(2)31)27-10-14)23(33)30(22(17)29-24(26)28-12)15-4-6-16(7-5-15)35-11-20(32)34-3/h8-10,13,15-16,31H,4-7,11H2,1-3H3,(H2,26,28,29)/t13?,15-,16-. The molecule has 3 aromatic rings. The van der Waals surface area contributed by atoms with Gasteiger partial charge in [0.2, 0.25) is 5.95 Å². The number of aliphatic hydroxyl groups excluding tert-OH is 1. The summed E-state index contributed by atoms with van der Waals surface area (Å²) in [6.07, 6.45) is 2.68. The zero-order chi connectivity index (χ0) is 25.3. The first kappa shape index (κ1) is 24.7. The molecule has 1 fully saturated rings. The first-order chi connectivity index (χ1) is 16.7. The van der Waals surface area contributed by atoms with E-state index in [1.54, 1.807) is 17.6 Å². The van der Waals surface area contributed by atoms with Gasteiger partial charge >= 0.3 is 5.97 Å². The number of fused-ring (bicyclic) bond motifs is 1. The van der Waals surface area contributed by atoms with Crippen molar-refractivity contribution < 1.29 is 23.8 Å². The number of hydrogen-bond acceptors (Lipinski definition) is 9. The highest BCUT2D eigenvalue weighted by molar-refractivity contribution is 5.84. The van der Waals surface area contributed by atoms with Gasteiger partial charge < -0.3 is 20.3 Å². The van der Waals surface area contributed by atoms with Crippen molar-refractivity contribution >= 4 is 23.0 Å². The number of methoxy groups -OCH3 is 1. The fourth-order valence-corrected chi connectivity index (χ4v) is 4.54. The number of halogens is 1. The van der Waals surface area contributed by atoms with E-state index >= 15 is 0 Å². The molecule has 186 valence electrons. The van der Waals surface area contributed by atoms with Crippen LogP contribution in [0.5, 0.6) is 0 Å². The smallest absolute Gasteiger partial charge is 0.331 e. The Labute approximate surface area is 200 Å². The molecule has 4 rings (SSSR count). The minimum absolute atomic E-state index is 0.0556. The number of carbonyl (C=O) groups is 1. The first-order valence-corrected chi connectivity index (χ1v) is 11.4. The number of carbonyl (C=O) groups excluding carboxylic acids is 1. The van der Waals surface area contributed by atoms with Gasteiger partial charge in [0, 0.05) is 28.8 Å². The summed E-state index contributed by atoms with van der Waals surface area (Å²) < 4.78 is 26.5. The Hall–Kier alpha value is -3.44. The quantitative estimate of drug-likeness (QED) is 0.504. The Bertz CT molecular complexity index is 1320. The fourth-order valence-electron chi connectivity index (χ4n) is 4.54. The summed E-state index contributed by atoms with van der Waals surface area (Å²) in [5.74, 6) is -1.08. The van der Waals surface area contributed by atoms with Crippen molar-refractivity contribution in [2.24, 2.45) is 0 Å². The van der Waals surface area contributed by atoms with Crippen LogP contribution in [0, 0.1) is 12.7 Å². The number of aromatic nitrogens is 4. The summed E-state index contributed by atoms with van der Waals surface area (Å²) in [6.45, 7) is 3.07. The van der Waals surface area contributed by atoms with Crippen LogP contribution in [0.15, 0.2) is 23.1 Å². The molecular weight excluding hydrogens is 457 g/mol. The Kier molecular flexibility index (Phi) is 7.08. The van der Waals surface area contributed by atoms with Gasteiger partial charge in [0.1, 0.15) is 23.8 Å². The van der Waals surface area contributed by atoms with E-state index < -0.39 is 17.9 Å². The lowest BCUT2D eigenvalue weighted by molar-refractivity contribution is -0.148. The number of hydrogen-bond donors (Lipinski definition) is 2. The molecule has 1 aliphatic rings. The van der Waals surface area contributed by atoms with Gasteiger partial charge in [-0.15, -0.1) is 0 Å². The van der Waals surface area contributed by atoms with E-state index in [1.165, 1.54) is 26.3 Å². The third kappa shape index (κ3) is 5.01. The molecule has 1 aliphatic carbocycles.